The molecular formula is C15H15NO2. The summed E-state index contributed by atoms with van der Waals surface area (Å²) in [6.45, 7) is 2.93. The van der Waals surface area contributed by atoms with E-state index in [4.69, 9.17) is 0 Å². The van der Waals surface area contributed by atoms with Gasteiger partial charge < -0.3 is 0 Å². The lowest BCUT2D eigenvalue weighted by Gasteiger charge is -2.11. The van der Waals surface area contributed by atoms with E-state index in [1.807, 2.05) is 30.3 Å². The minimum Gasteiger partial charge on any atom is -0.299 e. The third-order valence-electron chi connectivity index (χ3n) is 3.12. The highest BCUT2D eigenvalue weighted by Crippen LogP contribution is 2.20. The maximum absolute atomic E-state index is 11.5. The molecule has 2 rings (SSSR count). The van der Waals surface area contributed by atoms with Crippen molar-refractivity contribution in [2.24, 2.45) is 5.92 Å². The molecule has 1 aromatic carbocycles. The van der Waals surface area contributed by atoms with E-state index in [-0.39, 0.29) is 11.6 Å². The van der Waals surface area contributed by atoms with Crippen molar-refractivity contribution in [3.63, 3.8) is 0 Å². The van der Waals surface area contributed by atoms with Crippen molar-refractivity contribution in [1.29, 1.82) is 0 Å². The van der Waals surface area contributed by atoms with Crippen LogP contribution in [0.25, 0.3) is 10.9 Å². The predicted molar refractivity (Wildman–Crippen MR) is 70.3 cm³/mol. The Balaban J connectivity index is 2.42. The van der Waals surface area contributed by atoms with E-state index >= 15 is 0 Å². The molecule has 0 bridgehead atoms. The summed E-state index contributed by atoms with van der Waals surface area (Å²) in [5.41, 5.74) is 1.82. The predicted octanol–water partition coefficient (Wildman–Crippen LogP) is 2.57. The van der Waals surface area contributed by atoms with Crippen LogP contribution in [0.4, 0.5) is 0 Å². The van der Waals surface area contributed by atoms with Crippen molar-refractivity contribution in [2.75, 3.05) is 0 Å². The Kier molecular flexibility index (Phi) is 3.51. The Hall–Kier alpha value is -2.03. The number of pyridine rings is 1. The highest BCUT2D eigenvalue weighted by Gasteiger charge is 2.20. The molecule has 0 saturated heterocycles. The van der Waals surface area contributed by atoms with Gasteiger partial charge in [-0.3, -0.25) is 14.6 Å². The van der Waals surface area contributed by atoms with Gasteiger partial charge in [-0.15, -0.1) is 0 Å². The first-order valence-electron chi connectivity index (χ1n) is 5.93. The fourth-order valence-electron chi connectivity index (χ4n) is 2.13. The van der Waals surface area contributed by atoms with Gasteiger partial charge in [-0.05, 0) is 31.9 Å². The molecule has 92 valence electrons. The van der Waals surface area contributed by atoms with Crippen LogP contribution in [0.5, 0.6) is 0 Å². The maximum Gasteiger partial charge on any atom is 0.140 e. The molecule has 0 N–H and O–H groups in total. The second-order valence-corrected chi connectivity index (χ2v) is 4.47. The SMILES string of the molecule is CC(=O)C(Cc1cccc2cccnc12)C(C)=O. The monoisotopic (exact) mass is 241 g/mol. The lowest BCUT2D eigenvalue weighted by Crippen LogP contribution is -2.22. The zero-order chi connectivity index (χ0) is 13.1. The third kappa shape index (κ3) is 2.45. The van der Waals surface area contributed by atoms with Gasteiger partial charge in [-0.25, -0.2) is 0 Å². The van der Waals surface area contributed by atoms with Gasteiger partial charge in [0, 0.05) is 11.6 Å². The van der Waals surface area contributed by atoms with Crippen molar-refractivity contribution < 1.29 is 9.59 Å². The molecule has 0 aliphatic heterocycles. The molecule has 0 amide bonds. The largest absolute Gasteiger partial charge is 0.299 e. The van der Waals surface area contributed by atoms with Crippen LogP contribution in [0.1, 0.15) is 19.4 Å². The fraction of sp³-hybridized carbons (Fsp3) is 0.267. The van der Waals surface area contributed by atoms with E-state index in [9.17, 15) is 9.59 Å². The van der Waals surface area contributed by atoms with Crippen LogP contribution >= 0.6 is 0 Å². The van der Waals surface area contributed by atoms with Crippen molar-refractivity contribution in [2.45, 2.75) is 20.3 Å². The Morgan fingerprint density at radius 2 is 1.78 bits per heavy atom. The number of carbonyl (C=O) groups is 2. The number of ketones is 2. The summed E-state index contributed by atoms with van der Waals surface area (Å²) in [6, 6.07) is 9.68. The van der Waals surface area contributed by atoms with Gasteiger partial charge in [-0.2, -0.15) is 0 Å². The van der Waals surface area contributed by atoms with Crippen molar-refractivity contribution in [3.8, 4) is 0 Å². The summed E-state index contributed by atoms with van der Waals surface area (Å²) in [5.74, 6) is -0.733. The smallest absolute Gasteiger partial charge is 0.140 e. The Labute approximate surface area is 106 Å². The average Bonchev–Trinajstić information content (AvgIpc) is 2.35. The molecule has 0 saturated carbocycles. The molecular weight excluding hydrogens is 226 g/mol. The molecule has 1 aromatic heterocycles. The summed E-state index contributed by atoms with van der Waals surface area (Å²) in [7, 11) is 0. The molecule has 0 fully saturated rings. The number of rotatable bonds is 4. The van der Waals surface area contributed by atoms with Gasteiger partial charge in [0.05, 0.1) is 11.4 Å². The number of fused-ring (bicyclic) bond motifs is 1. The maximum atomic E-state index is 11.5. The van der Waals surface area contributed by atoms with Gasteiger partial charge in [0.15, 0.2) is 0 Å². The van der Waals surface area contributed by atoms with E-state index in [0.29, 0.717) is 6.42 Å². The zero-order valence-corrected chi connectivity index (χ0v) is 10.5. The van der Waals surface area contributed by atoms with Crippen molar-refractivity contribution in [3.05, 3.63) is 42.1 Å². The Morgan fingerprint density at radius 3 is 2.44 bits per heavy atom. The molecule has 0 radical (unpaired) electrons. The number of benzene rings is 1. The number of aromatic nitrogens is 1. The Morgan fingerprint density at radius 1 is 1.11 bits per heavy atom. The lowest BCUT2D eigenvalue weighted by atomic mass is 9.91. The quantitative estimate of drug-likeness (QED) is 0.773. The molecule has 0 spiro atoms. The van der Waals surface area contributed by atoms with Crippen LogP contribution < -0.4 is 0 Å². The lowest BCUT2D eigenvalue weighted by molar-refractivity contribution is -0.130. The van der Waals surface area contributed by atoms with E-state index < -0.39 is 5.92 Å². The van der Waals surface area contributed by atoms with Gasteiger partial charge in [0.1, 0.15) is 11.6 Å². The highest BCUT2D eigenvalue weighted by molar-refractivity contribution is 6.00. The molecule has 1 heterocycles. The summed E-state index contributed by atoms with van der Waals surface area (Å²) in [6.07, 6.45) is 2.15. The number of hydrogen-bond donors (Lipinski definition) is 0. The second-order valence-electron chi connectivity index (χ2n) is 4.47. The molecule has 3 heteroatoms. The van der Waals surface area contributed by atoms with Crippen LogP contribution in [0.3, 0.4) is 0 Å². The summed E-state index contributed by atoms with van der Waals surface area (Å²) < 4.78 is 0. The first kappa shape index (κ1) is 12.4. The average molecular weight is 241 g/mol. The van der Waals surface area contributed by atoms with Crippen LogP contribution in [0.2, 0.25) is 0 Å². The fourth-order valence-corrected chi connectivity index (χ4v) is 2.13. The first-order valence-corrected chi connectivity index (χ1v) is 5.93. The van der Waals surface area contributed by atoms with Crippen molar-refractivity contribution >= 4 is 22.5 Å². The minimum atomic E-state index is -0.558. The second kappa shape index (κ2) is 5.08. The number of hydrogen-bond acceptors (Lipinski definition) is 3. The third-order valence-corrected chi connectivity index (χ3v) is 3.12. The zero-order valence-electron chi connectivity index (χ0n) is 10.5. The topological polar surface area (TPSA) is 47.0 Å². The van der Waals surface area contributed by atoms with Crippen LogP contribution in [-0.2, 0) is 16.0 Å². The number of para-hydroxylation sites is 1. The van der Waals surface area contributed by atoms with Crippen molar-refractivity contribution in [1.82, 2.24) is 4.98 Å². The summed E-state index contributed by atoms with van der Waals surface area (Å²) in [4.78, 5) is 27.3. The summed E-state index contributed by atoms with van der Waals surface area (Å²) in [5, 5.41) is 1.03. The number of nitrogens with zero attached hydrogens (tertiary/aromatic N) is 1. The van der Waals surface area contributed by atoms with Crippen LogP contribution in [0, 0.1) is 5.92 Å². The van der Waals surface area contributed by atoms with E-state index in [1.165, 1.54) is 13.8 Å². The standard InChI is InChI=1S/C15H15NO2/c1-10(17)14(11(2)18)9-13-6-3-5-12-7-4-8-16-15(12)13/h3-8,14H,9H2,1-2H3. The molecule has 0 aliphatic rings. The molecule has 2 aromatic rings. The first-order chi connectivity index (χ1) is 8.59. The molecule has 3 nitrogen and oxygen atoms in total. The molecule has 18 heavy (non-hydrogen) atoms. The van der Waals surface area contributed by atoms with Crippen LogP contribution in [0.15, 0.2) is 36.5 Å². The number of Topliss-reactive ketones (excluding diaryl/α,β-unsaturated/α-hetero) is 2. The van der Waals surface area contributed by atoms with Gasteiger partial charge in [-0.1, -0.05) is 24.3 Å². The summed E-state index contributed by atoms with van der Waals surface area (Å²) >= 11 is 0. The van der Waals surface area contributed by atoms with E-state index in [1.54, 1.807) is 6.20 Å². The minimum absolute atomic E-state index is 0.0876. The molecule has 0 aliphatic carbocycles. The van der Waals surface area contributed by atoms with E-state index in [0.717, 1.165) is 16.5 Å². The number of carbonyl (C=O) groups excluding carboxylic acids is 2. The normalized spacial score (nSPS) is 10.8. The Bertz CT molecular complexity index is 585. The molecule has 0 unspecified atom stereocenters. The van der Waals surface area contributed by atoms with E-state index in [2.05, 4.69) is 4.98 Å². The van der Waals surface area contributed by atoms with Crippen LogP contribution in [-0.4, -0.2) is 16.6 Å². The van der Waals surface area contributed by atoms with Gasteiger partial charge in [0.25, 0.3) is 0 Å². The highest BCUT2D eigenvalue weighted by atomic mass is 16.1. The van der Waals surface area contributed by atoms with Gasteiger partial charge in [0.2, 0.25) is 0 Å². The molecule has 0 atom stereocenters. The van der Waals surface area contributed by atoms with Gasteiger partial charge >= 0.3 is 0 Å².